The SMILES string of the molecule is Cc1ccc2ccccc2c1C(O)CN(C)C. The van der Waals surface area contributed by atoms with Gasteiger partial charge in [-0.05, 0) is 42.9 Å². The van der Waals surface area contributed by atoms with E-state index in [1.165, 1.54) is 5.39 Å². The second-order valence-corrected chi connectivity index (χ2v) is 4.80. The minimum atomic E-state index is -0.434. The molecule has 2 nitrogen and oxygen atoms in total. The zero-order valence-corrected chi connectivity index (χ0v) is 10.6. The Kier molecular flexibility index (Phi) is 3.46. The third-order valence-corrected chi connectivity index (χ3v) is 3.06. The highest BCUT2D eigenvalue weighted by Gasteiger charge is 2.14. The zero-order chi connectivity index (χ0) is 12.4. The number of aliphatic hydroxyl groups excluding tert-OH is 1. The molecule has 0 heterocycles. The molecule has 2 rings (SSSR count). The molecule has 0 amide bonds. The molecule has 0 saturated heterocycles. The molecule has 0 aliphatic carbocycles. The van der Waals surface area contributed by atoms with Gasteiger partial charge in [0.15, 0.2) is 0 Å². The Bertz CT molecular complexity index is 519. The molecule has 2 aromatic carbocycles. The first-order valence-corrected chi connectivity index (χ1v) is 5.90. The maximum atomic E-state index is 10.3. The molecule has 0 saturated carbocycles. The summed E-state index contributed by atoms with van der Waals surface area (Å²) >= 11 is 0. The van der Waals surface area contributed by atoms with E-state index < -0.39 is 6.10 Å². The molecule has 0 aliphatic heterocycles. The van der Waals surface area contributed by atoms with Gasteiger partial charge >= 0.3 is 0 Å². The number of rotatable bonds is 3. The van der Waals surface area contributed by atoms with Crippen molar-refractivity contribution < 1.29 is 5.11 Å². The van der Waals surface area contributed by atoms with E-state index in [2.05, 4.69) is 31.2 Å². The lowest BCUT2D eigenvalue weighted by Crippen LogP contribution is -2.20. The Labute approximate surface area is 102 Å². The van der Waals surface area contributed by atoms with Crippen LogP contribution in [0.2, 0.25) is 0 Å². The standard InChI is InChI=1S/C15H19NO/c1-11-8-9-12-6-4-5-7-13(12)15(11)14(17)10-16(2)3/h4-9,14,17H,10H2,1-3H3. The van der Waals surface area contributed by atoms with Crippen molar-refractivity contribution in [3.63, 3.8) is 0 Å². The normalized spacial score (nSPS) is 13.2. The van der Waals surface area contributed by atoms with E-state index in [1.807, 2.05) is 31.1 Å². The average Bonchev–Trinajstić information content (AvgIpc) is 2.27. The fourth-order valence-corrected chi connectivity index (χ4v) is 2.28. The zero-order valence-electron chi connectivity index (χ0n) is 10.6. The second-order valence-electron chi connectivity index (χ2n) is 4.80. The molecule has 0 aliphatic rings. The van der Waals surface area contributed by atoms with Gasteiger partial charge in [0.1, 0.15) is 0 Å². The lowest BCUT2D eigenvalue weighted by atomic mass is 9.95. The molecule has 0 fully saturated rings. The van der Waals surface area contributed by atoms with Crippen molar-refractivity contribution in [1.82, 2.24) is 4.90 Å². The van der Waals surface area contributed by atoms with E-state index in [0.29, 0.717) is 6.54 Å². The number of benzene rings is 2. The Morgan fingerprint density at radius 1 is 1.12 bits per heavy atom. The molecule has 1 N–H and O–H groups in total. The van der Waals surface area contributed by atoms with Crippen LogP contribution >= 0.6 is 0 Å². The molecular weight excluding hydrogens is 210 g/mol. The molecule has 1 atom stereocenters. The minimum absolute atomic E-state index is 0.434. The Morgan fingerprint density at radius 3 is 2.53 bits per heavy atom. The van der Waals surface area contributed by atoms with E-state index in [1.54, 1.807) is 0 Å². The third kappa shape index (κ3) is 2.48. The van der Waals surface area contributed by atoms with Gasteiger partial charge in [0, 0.05) is 6.54 Å². The van der Waals surface area contributed by atoms with Crippen molar-refractivity contribution in [1.29, 1.82) is 0 Å². The number of aliphatic hydroxyl groups is 1. The Morgan fingerprint density at radius 2 is 1.82 bits per heavy atom. The van der Waals surface area contributed by atoms with Gasteiger partial charge in [-0.15, -0.1) is 0 Å². The summed E-state index contributed by atoms with van der Waals surface area (Å²) in [6.45, 7) is 2.70. The number of aryl methyl sites for hydroxylation is 1. The number of likely N-dealkylation sites (N-methyl/N-ethyl adjacent to an activating group) is 1. The van der Waals surface area contributed by atoms with Crippen LogP contribution in [0.25, 0.3) is 10.8 Å². The number of fused-ring (bicyclic) bond motifs is 1. The summed E-state index contributed by atoms with van der Waals surface area (Å²) in [4.78, 5) is 2.01. The highest BCUT2D eigenvalue weighted by molar-refractivity contribution is 5.87. The molecule has 0 radical (unpaired) electrons. The van der Waals surface area contributed by atoms with E-state index >= 15 is 0 Å². The van der Waals surface area contributed by atoms with Crippen LogP contribution in [0.15, 0.2) is 36.4 Å². The summed E-state index contributed by atoms with van der Waals surface area (Å²) in [5.74, 6) is 0. The Hall–Kier alpha value is -1.38. The summed E-state index contributed by atoms with van der Waals surface area (Å²) in [6.07, 6.45) is -0.434. The first kappa shape index (κ1) is 12.1. The first-order valence-electron chi connectivity index (χ1n) is 5.90. The van der Waals surface area contributed by atoms with Gasteiger partial charge in [0.25, 0.3) is 0 Å². The first-order chi connectivity index (χ1) is 8.09. The summed E-state index contributed by atoms with van der Waals surface area (Å²) in [5, 5.41) is 12.7. The van der Waals surface area contributed by atoms with Crippen molar-refractivity contribution in [2.24, 2.45) is 0 Å². The molecule has 1 unspecified atom stereocenters. The summed E-state index contributed by atoms with van der Waals surface area (Å²) in [7, 11) is 3.95. The highest BCUT2D eigenvalue weighted by atomic mass is 16.3. The molecule has 17 heavy (non-hydrogen) atoms. The molecular formula is C15H19NO. The fourth-order valence-electron chi connectivity index (χ4n) is 2.28. The lowest BCUT2D eigenvalue weighted by molar-refractivity contribution is 0.139. The molecule has 0 bridgehead atoms. The van der Waals surface area contributed by atoms with Crippen molar-refractivity contribution in [3.05, 3.63) is 47.5 Å². The van der Waals surface area contributed by atoms with Crippen LogP contribution in [0, 0.1) is 6.92 Å². The van der Waals surface area contributed by atoms with Gasteiger partial charge in [0.05, 0.1) is 6.10 Å². The average molecular weight is 229 g/mol. The van der Waals surface area contributed by atoms with Gasteiger partial charge in [-0.25, -0.2) is 0 Å². The van der Waals surface area contributed by atoms with Crippen LogP contribution in [0.4, 0.5) is 0 Å². The third-order valence-electron chi connectivity index (χ3n) is 3.06. The topological polar surface area (TPSA) is 23.5 Å². The fraction of sp³-hybridized carbons (Fsp3) is 0.333. The maximum absolute atomic E-state index is 10.3. The summed E-state index contributed by atoms with van der Waals surface area (Å²) in [5.41, 5.74) is 2.20. The predicted molar refractivity (Wildman–Crippen MR) is 72.2 cm³/mol. The van der Waals surface area contributed by atoms with Crippen molar-refractivity contribution in [2.45, 2.75) is 13.0 Å². The smallest absolute Gasteiger partial charge is 0.0925 e. The molecule has 2 aromatic rings. The quantitative estimate of drug-likeness (QED) is 0.874. The summed E-state index contributed by atoms with van der Waals surface area (Å²) in [6, 6.07) is 12.4. The number of nitrogens with zero attached hydrogens (tertiary/aromatic N) is 1. The van der Waals surface area contributed by atoms with Crippen LogP contribution < -0.4 is 0 Å². The van der Waals surface area contributed by atoms with Gasteiger partial charge in [-0.2, -0.15) is 0 Å². The molecule has 0 aromatic heterocycles. The highest BCUT2D eigenvalue weighted by Crippen LogP contribution is 2.27. The number of hydrogen-bond donors (Lipinski definition) is 1. The Balaban J connectivity index is 2.54. The summed E-state index contributed by atoms with van der Waals surface area (Å²) < 4.78 is 0. The maximum Gasteiger partial charge on any atom is 0.0925 e. The van der Waals surface area contributed by atoms with Gasteiger partial charge in [0.2, 0.25) is 0 Å². The van der Waals surface area contributed by atoms with Crippen LogP contribution in [0.3, 0.4) is 0 Å². The van der Waals surface area contributed by atoms with E-state index in [4.69, 9.17) is 0 Å². The van der Waals surface area contributed by atoms with E-state index in [-0.39, 0.29) is 0 Å². The monoisotopic (exact) mass is 229 g/mol. The van der Waals surface area contributed by atoms with Crippen molar-refractivity contribution in [3.8, 4) is 0 Å². The van der Waals surface area contributed by atoms with Gasteiger partial charge in [-0.3, -0.25) is 0 Å². The molecule has 90 valence electrons. The second kappa shape index (κ2) is 4.86. The van der Waals surface area contributed by atoms with Crippen LogP contribution in [0.1, 0.15) is 17.2 Å². The molecule has 0 spiro atoms. The van der Waals surface area contributed by atoms with E-state index in [9.17, 15) is 5.11 Å². The van der Waals surface area contributed by atoms with Crippen molar-refractivity contribution in [2.75, 3.05) is 20.6 Å². The van der Waals surface area contributed by atoms with Crippen molar-refractivity contribution >= 4 is 10.8 Å². The number of hydrogen-bond acceptors (Lipinski definition) is 2. The minimum Gasteiger partial charge on any atom is -0.387 e. The van der Waals surface area contributed by atoms with Crippen LogP contribution in [-0.4, -0.2) is 30.6 Å². The van der Waals surface area contributed by atoms with Crippen LogP contribution in [-0.2, 0) is 0 Å². The van der Waals surface area contributed by atoms with E-state index in [0.717, 1.165) is 16.5 Å². The largest absolute Gasteiger partial charge is 0.387 e. The van der Waals surface area contributed by atoms with Gasteiger partial charge in [-0.1, -0.05) is 36.4 Å². The molecule has 2 heteroatoms. The van der Waals surface area contributed by atoms with Crippen LogP contribution in [0.5, 0.6) is 0 Å². The van der Waals surface area contributed by atoms with Gasteiger partial charge < -0.3 is 10.0 Å². The lowest BCUT2D eigenvalue weighted by Gasteiger charge is -2.20. The predicted octanol–water partition coefficient (Wildman–Crippen LogP) is 2.74.